The predicted molar refractivity (Wildman–Crippen MR) is 54.2 cm³/mol. The van der Waals surface area contributed by atoms with E-state index in [2.05, 4.69) is 11.2 Å². The molecular formula is C10H18N2O. The van der Waals surface area contributed by atoms with Crippen LogP contribution < -0.4 is 5.32 Å². The average Bonchev–Trinajstić information content (AvgIpc) is 2.10. The minimum atomic E-state index is 0.0640. The van der Waals surface area contributed by atoms with Gasteiger partial charge in [-0.2, -0.15) is 0 Å². The normalized spacial score (nSPS) is 9.77. The van der Waals surface area contributed by atoms with Crippen LogP contribution in [-0.2, 0) is 4.79 Å². The van der Waals surface area contributed by atoms with Crippen LogP contribution in [0.1, 0.15) is 20.8 Å². The summed E-state index contributed by atoms with van der Waals surface area (Å²) in [4.78, 5) is 13.1. The third-order valence-electron chi connectivity index (χ3n) is 1.68. The van der Waals surface area contributed by atoms with E-state index in [1.807, 2.05) is 20.8 Å². The summed E-state index contributed by atoms with van der Waals surface area (Å²) >= 11 is 0. The van der Waals surface area contributed by atoms with Gasteiger partial charge in [0.2, 0.25) is 5.91 Å². The first-order valence-electron chi connectivity index (χ1n) is 4.56. The molecule has 0 aromatic rings. The predicted octanol–water partition coefficient (Wildman–Crippen LogP) is 0.466. The van der Waals surface area contributed by atoms with Gasteiger partial charge in [0.25, 0.3) is 0 Å². The van der Waals surface area contributed by atoms with Gasteiger partial charge in [-0.3, -0.25) is 4.79 Å². The van der Waals surface area contributed by atoms with E-state index in [4.69, 9.17) is 6.42 Å². The molecule has 74 valence electrons. The van der Waals surface area contributed by atoms with Crippen molar-refractivity contribution in [2.75, 3.05) is 19.6 Å². The highest BCUT2D eigenvalue weighted by atomic mass is 16.2. The smallest absolute Gasteiger partial charge is 0.237 e. The van der Waals surface area contributed by atoms with Crippen molar-refractivity contribution in [2.45, 2.75) is 26.8 Å². The first kappa shape index (κ1) is 12.0. The van der Waals surface area contributed by atoms with Crippen molar-refractivity contribution in [2.24, 2.45) is 0 Å². The zero-order valence-electron chi connectivity index (χ0n) is 8.63. The summed E-state index contributed by atoms with van der Waals surface area (Å²) in [5, 5.41) is 3.06. The fourth-order valence-corrected chi connectivity index (χ4v) is 0.890. The average molecular weight is 182 g/mol. The van der Waals surface area contributed by atoms with Gasteiger partial charge in [0.1, 0.15) is 0 Å². The van der Waals surface area contributed by atoms with Crippen LogP contribution in [0.2, 0.25) is 0 Å². The van der Waals surface area contributed by atoms with Crippen LogP contribution in [0.3, 0.4) is 0 Å². The Morgan fingerprint density at radius 1 is 1.62 bits per heavy atom. The van der Waals surface area contributed by atoms with Crippen LogP contribution in [0.5, 0.6) is 0 Å². The quantitative estimate of drug-likeness (QED) is 0.627. The molecule has 0 aliphatic heterocycles. The third-order valence-corrected chi connectivity index (χ3v) is 1.68. The summed E-state index contributed by atoms with van der Waals surface area (Å²) in [6.07, 6.45) is 5.13. The van der Waals surface area contributed by atoms with Gasteiger partial charge in [0, 0.05) is 12.6 Å². The van der Waals surface area contributed by atoms with Crippen molar-refractivity contribution in [1.29, 1.82) is 0 Å². The maximum absolute atomic E-state index is 11.4. The highest BCUT2D eigenvalue weighted by molar-refractivity contribution is 5.78. The van der Waals surface area contributed by atoms with Crippen molar-refractivity contribution in [1.82, 2.24) is 10.2 Å². The molecule has 0 saturated heterocycles. The van der Waals surface area contributed by atoms with E-state index in [0.29, 0.717) is 25.7 Å². The van der Waals surface area contributed by atoms with Gasteiger partial charge < -0.3 is 10.2 Å². The number of nitrogens with one attached hydrogen (secondary N) is 1. The summed E-state index contributed by atoms with van der Waals surface area (Å²) in [5.41, 5.74) is 0. The fourth-order valence-electron chi connectivity index (χ4n) is 0.890. The van der Waals surface area contributed by atoms with Gasteiger partial charge in [-0.05, 0) is 6.92 Å². The standard InChI is InChI=1S/C10H18N2O/c1-5-7-12(6-2)10(13)8-11-9(3)4/h1,9,11H,6-8H2,2-4H3. The van der Waals surface area contributed by atoms with E-state index in [0.717, 1.165) is 0 Å². The van der Waals surface area contributed by atoms with Crippen LogP contribution in [0.15, 0.2) is 0 Å². The second-order valence-corrected chi connectivity index (χ2v) is 3.15. The van der Waals surface area contributed by atoms with E-state index in [1.165, 1.54) is 0 Å². The molecule has 0 unspecified atom stereocenters. The van der Waals surface area contributed by atoms with Gasteiger partial charge in [0.15, 0.2) is 0 Å². The number of terminal acetylenes is 1. The van der Waals surface area contributed by atoms with Crippen LogP contribution in [0, 0.1) is 12.3 Å². The summed E-state index contributed by atoms with van der Waals surface area (Å²) < 4.78 is 0. The molecule has 0 aromatic carbocycles. The number of hydrogen-bond acceptors (Lipinski definition) is 2. The molecule has 0 spiro atoms. The molecule has 0 rings (SSSR count). The van der Waals surface area contributed by atoms with Gasteiger partial charge in [-0.1, -0.05) is 19.8 Å². The Morgan fingerprint density at radius 3 is 2.62 bits per heavy atom. The van der Waals surface area contributed by atoms with E-state index in [-0.39, 0.29) is 5.91 Å². The molecule has 0 aliphatic carbocycles. The van der Waals surface area contributed by atoms with Crippen molar-refractivity contribution in [3.8, 4) is 12.3 Å². The fraction of sp³-hybridized carbons (Fsp3) is 0.700. The lowest BCUT2D eigenvalue weighted by molar-refractivity contribution is -0.129. The Balaban J connectivity index is 3.86. The maximum atomic E-state index is 11.4. The highest BCUT2D eigenvalue weighted by Crippen LogP contribution is 1.88. The van der Waals surface area contributed by atoms with Gasteiger partial charge in [-0.25, -0.2) is 0 Å². The summed E-state index contributed by atoms with van der Waals surface area (Å²) in [6, 6.07) is 0.327. The molecule has 1 N–H and O–H groups in total. The number of carbonyl (C=O) groups is 1. The maximum Gasteiger partial charge on any atom is 0.237 e. The highest BCUT2D eigenvalue weighted by Gasteiger charge is 2.09. The number of nitrogens with zero attached hydrogens (tertiary/aromatic N) is 1. The molecule has 3 nitrogen and oxygen atoms in total. The monoisotopic (exact) mass is 182 g/mol. The van der Waals surface area contributed by atoms with E-state index < -0.39 is 0 Å². The minimum Gasteiger partial charge on any atom is -0.331 e. The molecule has 0 atom stereocenters. The minimum absolute atomic E-state index is 0.0640. The Labute approximate surface area is 80.5 Å². The van der Waals surface area contributed by atoms with Crippen LogP contribution in [0.25, 0.3) is 0 Å². The van der Waals surface area contributed by atoms with Crippen molar-refractivity contribution >= 4 is 5.91 Å². The topological polar surface area (TPSA) is 32.3 Å². The second kappa shape index (κ2) is 6.50. The van der Waals surface area contributed by atoms with Gasteiger partial charge in [-0.15, -0.1) is 6.42 Å². The molecule has 3 heteroatoms. The first-order valence-corrected chi connectivity index (χ1v) is 4.56. The van der Waals surface area contributed by atoms with Crippen LogP contribution >= 0.6 is 0 Å². The van der Waals surface area contributed by atoms with E-state index in [1.54, 1.807) is 4.90 Å². The molecule has 0 heterocycles. The van der Waals surface area contributed by atoms with E-state index in [9.17, 15) is 4.79 Å². The lowest BCUT2D eigenvalue weighted by Crippen LogP contribution is -2.40. The number of carbonyl (C=O) groups excluding carboxylic acids is 1. The van der Waals surface area contributed by atoms with Crippen LogP contribution in [-0.4, -0.2) is 36.5 Å². The molecule has 0 saturated carbocycles. The number of hydrogen-bond donors (Lipinski definition) is 1. The second-order valence-electron chi connectivity index (χ2n) is 3.15. The van der Waals surface area contributed by atoms with Gasteiger partial charge in [0.05, 0.1) is 13.1 Å². The molecule has 0 fully saturated rings. The summed E-state index contributed by atoms with van der Waals surface area (Å²) in [6.45, 7) is 7.37. The largest absolute Gasteiger partial charge is 0.331 e. The zero-order valence-corrected chi connectivity index (χ0v) is 8.63. The number of rotatable bonds is 5. The Morgan fingerprint density at radius 2 is 2.23 bits per heavy atom. The van der Waals surface area contributed by atoms with E-state index >= 15 is 0 Å². The SMILES string of the molecule is C#CCN(CC)C(=O)CNC(C)C. The van der Waals surface area contributed by atoms with Crippen LogP contribution in [0.4, 0.5) is 0 Å². The molecule has 0 aromatic heterocycles. The molecule has 0 bridgehead atoms. The lowest BCUT2D eigenvalue weighted by Gasteiger charge is -2.18. The molecular weight excluding hydrogens is 164 g/mol. The third kappa shape index (κ3) is 5.26. The first-order chi connectivity index (χ1) is 6.11. The number of amides is 1. The number of likely N-dealkylation sites (N-methyl/N-ethyl adjacent to an activating group) is 1. The molecule has 13 heavy (non-hydrogen) atoms. The van der Waals surface area contributed by atoms with Gasteiger partial charge >= 0.3 is 0 Å². The van der Waals surface area contributed by atoms with Crippen molar-refractivity contribution in [3.63, 3.8) is 0 Å². The molecule has 0 radical (unpaired) electrons. The molecule has 1 amide bonds. The Bertz CT molecular complexity index is 194. The summed E-state index contributed by atoms with van der Waals surface area (Å²) in [5.74, 6) is 2.53. The summed E-state index contributed by atoms with van der Waals surface area (Å²) in [7, 11) is 0. The van der Waals surface area contributed by atoms with Crippen molar-refractivity contribution < 1.29 is 4.79 Å². The van der Waals surface area contributed by atoms with Crippen molar-refractivity contribution in [3.05, 3.63) is 0 Å². The Kier molecular flexibility index (Phi) is 5.99. The lowest BCUT2D eigenvalue weighted by atomic mass is 10.3. The molecule has 0 aliphatic rings. The zero-order chi connectivity index (χ0) is 10.3. The Hall–Kier alpha value is -1.01.